The average Bonchev–Trinajstić information content (AvgIpc) is 2.87. The summed E-state index contributed by atoms with van der Waals surface area (Å²) in [6, 6.07) is 5.72. The number of halogens is 1. The van der Waals surface area contributed by atoms with Crippen LogP contribution in [0.15, 0.2) is 24.3 Å². The summed E-state index contributed by atoms with van der Waals surface area (Å²) >= 11 is 0. The monoisotopic (exact) mass is 308 g/mol. The largest absolute Gasteiger partial charge is 0.480 e. The van der Waals surface area contributed by atoms with Gasteiger partial charge in [-0.2, -0.15) is 0 Å². The molecule has 1 saturated heterocycles. The molecule has 1 aromatic carbocycles. The molecule has 1 fully saturated rings. The van der Waals surface area contributed by atoms with Crippen LogP contribution in [0, 0.1) is 12.8 Å². The summed E-state index contributed by atoms with van der Waals surface area (Å²) in [5.74, 6) is -2.94. The number of hydrogen-bond donors (Lipinski definition) is 2. The number of carboxylic acids is 1. The molecule has 2 unspecified atom stereocenters. The number of rotatable bonds is 5. The van der Waals surface area contributed by atoms with Gasteiger partial charge >= 0.3 is 5.97 Å². The highest BCUT2D eigenvalue weighted by atomic mass is 19.1. The standard InChI is InChI=1S/C15H17FN2O4/c1-9-2-4-11(5-3-9)18-8-10(6-13(18)19)14(20)17-12(7-16)15(21)22/h2-5,10,12H,6-8H2,1H3,(H,17,20)(H,21,22). The maximum Gasteiger partial charge on any atom is 0.328 e. The van der Waals surface area contributed by atoms with Gasteiger partial charge in [0.25, 0.3) is 0 Å². The quantitative estimate of drug-likeness (QED) is 0.845. The first-order valence-electron chi connectivity index (χ1n) is 6.88. The second-order valence-electron chi connectivity index (χ2n) is 5.29. The van der Waals surface area contributed by atoms with Crippen molar-refractivity contribution in [3.8, 4) is 0 Å². The number of amides is 2. The van der Waals surface area contributed by atoms with Gasteiger partial charge < -0.3 is 15.3 Å². The highest BCUT2D eigenvalue weighted by Gasteiger charge is 2.36. The predicted octanol–water partition coefficient (Wildman–Crippen LogP) is 0.887. The van der Waals surface area contributed by atoms with Gasteiger partial charge in [-0.3, -0.25) is 9.59 Å². The number of anilines is 1. The zero-order valence-electron chi connectivity index (χ0n) is 12.1. The van der Waals surface area contributed by atoms with E-state index >= 15 is 0 Å². The van der Waals surface area contributed by atoms with E-state index in [1.54, 1.807) is 12.1 Å². The SMILES string of the molecule is Cc1ccc(N2CC(C(=O)NC(CF)C(=O)O)CC2=O)cc1. The number of aliphatic carboxylic acids is 1. The number of hydrogen-bond acceptors (Lipinski definition) is 3. The first-order chi connectivity index (χ1) is 10.4. The van der Waals surface area contributed by atoms with Crippen LogP contribution in [0.3, 0.4) is 0 Å². The van der Waals surface area contributed by atoms with E-state index in [1.807, 2.05) is 19.1 Å². The molecule has 2 atom stereocenters. The summed E-state index contributed by atoms with van der Waals surface area (Å²) in [6.45, 7) is 0.893. The number of aryl methyl sites for hydroxylation is 1. The van der Waals surface area contributed by atoms with Gasteiger partial charge in [0.15, 0.2) is 6.04 Å². The van der Waals surface area contributed by atoms with E-state index < -0.39 is 30.5 Å². The molecule has 0 spiro atoms. The summed E-state index contributed by atoms with van der Waals surface area (Å²) in [5.41, 5.74) is 1.74. The molecule has 0 aliphatic carbocycles. The minimum Gasteiger partial charge on any atom is -0.480 e. The van der Waals surface area contributed by atoms with Crippen LogP contribution >= 0.6 is 0 Å². The number of carboxylic acid groups (broad SMARTS) is 1. The van der Waals surface area contributed by atoms with E-state index in [1.165, 1.54) is 4.90 Å². The van der Waals surface area contributed by atoms with Crippen LogP contribution in [0.5, 0.6) is 0 Å². The molecular weight excluding hydrogens is 291 g/mol. The third kappa shape index (κ3) is 3.41. The van der Waals surface area contributed by atoms with Gasteiger partial charge in [-0.15, -0.1) is 0 Å². The smallest absolute Gasteiger partial charge is 0.328 e. The Morgan fingerprint density at radius 2 is 2.05 bits per heavy atom. The third-order valence-electron chi connectivity index (χ3n) is 3.61. The summed E-state index contributed by atoms with van der Waals surface area (Å²) in [4.78, 5) is 36.2. The van der Waals surface area contributed by atoms with E-state index in [4.69, 9.17) is 5.11 Å². The molecular formula is C15H17FN2O4. The fraction of sp³-hybridized carbons (Fsp3) is 0.400. The van der Waals surface area contributed by atoms with Crippen molar-refractivity contribution in [2.75, 3.05) is 18.1 Å². The van der Waals surface area contributed by atoms with Gasteiger partial charge in [-0.25, -0.2) is 9.18 Å². The first kappa shape index (κ1) is 15.9. The highest BCUT2D eigenvalue weighted by molar-refractivity contribution is 6.00. The van der Waals surface area contributed by atoms with E-state index in [2.05, 4.69) is 5.32 Å². The molecule has 6 nitrogen and oxygen atoms in total. The number of alkyl halides is 1. The molecule has 1 heterocycles. The normalized spacial score (nSPS) is 19.1. The first-order valence-corrected chi connectivity index (χ1v) is 6.88. The lowest BCUT2D eigenvalue weighted by molar-refractivity contribution is -0.142. The molecule has 7 heteroatoms. The lowest BCUT2D eigenvalue weighted by atomic mass is 10.1. The van der Waals surface area contributed by atoms with Crippen LogP contribution in [0.2, 0.25) is 0 Å². The van der Waals surface area contributed by atoms with Crippen LogP contribution in [0.4, 0.5) is 10.1 Å². The Morgan fingerprint density at radius 1 is 1.41 bits per heavy atom. The van der Waals surface area contributed by atoms with Gasteiger partial charge in [0.2, 0.25) is 11.8 Å². The molecule has 2 rings (SSSR count). The van der Waals surface area contributed by atoms with Crippen LogP contribution < -0.4 is 10.2 Å². The molecule has 0 bridgehead atoms. The topological polar surface area (TPSA) is 86.7 Å². The fourth-order valence-corrected chi connectivity index (χ4v) is 2.31. The second-order valence-corrected chi connectivity index (χ2v) is 5.29. The average molecular weight is 308 g/mol. The van der Waals surface area contributed by atoms with Crippen LogP contribution in [0.25, 0.3) is 0 Å². The predicted molar refractivity (Wildman–Crippen MR) is 77.2 cm³/mol. The number of carbonyl (C=O) groups is 3. The van der Waals surface area contributed by atoms with Crippen molar-refractivity contribution in [3.05, 3.63) is 29.8 Å². The Hall–Kier alpha value is -2.44. The molecule has 0 radical (unpaired) electrons. The van der Waals surface area contributed by atoms with Gasteiger partial charge in [-0.1, -0.05) is 17.7 Å². The molecule has 2 amide bonds. The Labute approximate surface area is 126 Å². The highest BCUT2D eigenvalue weighted by Crippen LogP contribution is 2.25. The van der Waals surface area contributed by atoms with E-state index in [9.17, 15) is 18.8 Å². The van der Waals surface area contributed by atoms with E-state index in [0.29, 0.717) is 5.69 Å². The maximum absolute atomic E-state index is 12.5. The van der Waals surface area contributed by atoms with Crippen molar-refractivity contribution in [3.63, 3.8) is 0 Å². The van der Waals surface area contributed by atoms with Crippen molar-refractivity contribution in [1.29, 1.82) is 0 Å². The van der Waals surface area contributed by atoms with Crippen LogP contribution in [-0.4, -0.2) is 42.2 Å². The van der Waals surface area contributed by atoms with Gasteiger partial charge in [0.1, 0.15) is 6.67 Å². The summed E-state index contributed by atoms with van der Waals surface area (Å²) < 4.78 is 12.5. The summed E-state index contributed by atoms with van der Waals surface area (Å²) in [6.07, 6.45) is -0.0155. The van der Waals surface area contributed by atoms with Crippen molar-refractivity contribution < 1.29 is 23.9 Å². The maximum atomic E-state index is 12.5. The lowest BCUT2D eigenvalue weighted by Crippen LogP contribution is -2.45. The van der Waals surface area contributed by atoms with Gasteiger partial charge in [0.05, 0.1) is 5.92 Å². The fourth-order valence-electron chi connectivity index (χ4n) is 2.31. The number of carbonyl (C=O) groups excluding carboxylic acids is 2. The molecule has 22 heavy (non-hydrogen) atoms. The van der Waals surface area contributed by atoms with E-state index in [-0.39, 0.29) is 18.9 Å². The Balaban J connectivity index is 2.04. The van der Waals surface area contributed by atoms with E-state index in [0.717, 1.165) is 5.56 Å². The Morgan fingerprint density at radius 3 is 2.59 bits per heavy atom. The van der Waals surface area contributed by atoms with Gasteiger partial charge in [-0.05, 0) is 19.1 Å². The summed E-state index contributed by atoms with van der Waals surface area (Å²) in [5, 5.41) is 10.9. The number of nitrogens with one attached hydrogen (secondary N) is 1. The Bertz CT molecular complexity index is 588. The number of nitrogens with zero attached hydrogens (tertiary/aromatic N) is 1. The van der Waals surface area contributed by atoms with Crippen LogP contribution in [-0.2, 0) is 14.4 Å². The van der Waals surface area contributed by atoms with Crippen molar-refractivity contribution in [1.82, 2.24) is 5.32 Å². The molecule has 118 valence electrons. The second kappa shape index (κ2) is 6.55. The number of benzene rings is 1. The summed E-state index contributed by atoms with van der Waals surface area (Å²) in [7, 11) is 0. The minimum absolute atomic E-state index is 0.0155. The molecule has 2 N–H and O–H groups in total. The molecule has 1 aliphatic heterocycles. The molecule has 1 aromatic rings. The molecule has 0 saturated carbocycles. The van der Waals surface area contributed by atoms with Crippen molar-refractivity contribution >= 4 is 23.5 Å². The lowest BCUT2D eigenvalue weighted by Gasteiger charge is -2.17. The Kier molecular flexibility index (Phi) is 4.75. The van der Waals surface area contributed by atoms with Crippen LogP contribution in [0.1, 0.15) is 12.0 Å². The van der Waals surface area contributed by atoms with Crippen molar-refractivity contribution in [2.45, 2.75) is 19.4 Å². The van der Waals surface area contributed by atoms with Gasteiger partial charge in [0, 0.05) is 18.7 Å². The third-order valence-corrected chi connectivity index (χ3v) is 3.61. The molecule has 1 aliphatic rings. The zero-order valence-corrected chi connectivity index (χ0v) is 12.1. The minimum atomic E-state index is -1.57. The van der Waals surface area contributed by atoms with Crippen molar-refractivity contribution in [2.24, 2.45) is 5.92 Å². The molecule has 0 aromatic heterocycles. The zero-order chi connectivity index (χ0) is 16.3.